The first-order valence-corrected chi connectivity index (χ1v) is 11.3. The van der Waals surface area contributed by atoms with E-state index in [9.17, 15) is 0 Å². The van der Waals surface area contributed by atoms with Gasteiger partial charge in [-0.3, -0.25) is 14.3 Å². The minimum atomic E-state index is 0.313. The normalized spacial score (nSPS) is 21.4. The molecule has 0 radical (unpaired) electrons. The maximum atomic E-state index is 4.64. The summed E-state index contributed by atoms with van der Waals surface area (Å²) in [6.45, 7) is 4.22. The smallest absolute Gasteiger partial charge is 0.193 e. The molecule has 2 aliphatic rings. The van der Waals surface area contributed by atoms with Gasteiger partial charge in [-0.25, -0.2) is 4.98 Å². The second-order valence-electron chi connectivity index (χ2n) is 7.94. The first kappa shape index (κ1) is 18.7. The maximum absolute atomic E-state index is 4.64. The van der Waals surface area contributed by atoms with Crippen molar-refractivity contribution in [3.8, 4) is 0 Å². The number of imidazole rings is 1. The van der Waals surface area contributed by atoms with E-state index in [4.69, 9.17) is 0 Å². The molecule has 2 N–H and O–H groups in total. The molecule has 0 unspecified atom stereocenters. The second kappa shape index (κ2) is 8.61. The van der Waals surface area contributed by atoms with E-state index in [-0.39, 0.29) is 0 Å². The summed E-state index contributed by atoms with van der Waals surface area (Å²) in [7, 11) is 1.86. The van der Waals surface area contributed by atoms with Gasteiger partial charge in [-0.05, 0) is 38.8 Å². The van der Waals surface area contributed by atoms with Gasteiger partial charge in [-0.2, -0.15) is 0 Å². The second-order valence-corrected chi connectivity index (χ2v) is 8.81. The summed E-state index contributed by atoms with van der Waals surface area (Å²) in [6.07, 6.45) is 15.0. The van der Waals surface area contributed by atoms with Gasteiger partial charge in [0.05, 0.1) is 12.2 Å². The molecule has 6 nitrogen and oxygen atoms in total. The highest BCUT2D eigenvalue weighted by atomic mass is 32.1. The van der Waals surface area contributed by atoms with E-state index in [0.717, 1.165) is 23.2 Å². The van der Waals surface area contributed by atoms with Crippen molar-refractivity contribution in [2.75, 3.05) is 26.7 Å². The van der Waals surface area contributed by atoms with E-state index < -0.39 is 0 Å². The molecular weight excluding hydrogens is 356 g/mol. The Morgan fingerprint density at radius 2 is 1.93 bits per heavy atom. The monoisotopic (exact) mass is 388 g/mol. The van der Waals surface area contributed by atoms with Crippen LogP contribution in [0, 0.1) is 0 Å². The SMILES string of the molecule is CN=C(NCc1cn2ccsc2n1)NCC1(N2CCCCC2)CCCCC1. The van der Waals surface area contributed by atoms with Crippen LogP contribution in [0.3, 0.4) is 0 Å². The zero-order valence-electron chi connectivity index (χ0n) is 16.4. The molecule has 148 valence electrons. The molecule has 1 aliphatic carbocycles. The van der Waals surface area contributed by atoms with Crippen LogP contribution in [0.15, 0.2) is 22.8 Å². The van der Waals surface area contributed by atoms with Crippen LogP contribution in [-0.2, 0) is 6.54 Å². The number of rotatable bonds is 5. The third-order valence-corrected chi connectivity index (χ3v) is 6.97. The topological polar surface area (TPSA) is 57.0 Å². The molecule has 7 heteroatoms. The van der Waals surface area contributed by atoms with E-state index in [2.05, 4.69) is 47.7 Å². The van der Waals surface area contributed by atoms with E-state index in [0.29, 0.717) is 12.1 Å². The zero-order chi connectivity index (χ0) is 18.5. The van der Waals surface area contributed by atoms with Gasteiger partial charge in [-0.15, -0.1) is 11.3 Å². The van der Waals surface area contributed by atoms with Crippen LogP contribution in [0.25, 0.3) is 4.96 Å². The molecule has 1 saturated heterocycles. The van der Waals surface area contributed by atoms with Gasteiger partial charge in [0.25, 0.3) is 0 Å². The number of likely N-dealkylation sites (tertiary alicyclic amines) is 1. The Kier molecular flexibility index (Phi) is 5.98. The van der Waals surface area contributed by atoms with E-state index in [1.165, 1.54) is 64.5 Å². The Balaban J connectivity index is 1.35. The van der Waals surface area contributed by atoms with Gasteiger partial charge in [0.1, 0.15) is 0 Å². The van der Waals surface area contributed by atoms with Gasteiger partial charge in [-0.1, -0.05) is 25.7 Å². The van der Waals surface area contributed by atoms with Crippen LogP contribution in [0.2, 0.25) is 0 Å². The number of guanidine groups is 1. The van der Waals surface area contributed by atoms with Crippen LogP contribution in [-0.4, -0.2) is 52.5 Å². The van der Waals surface area contributed by atoms with Gasteiger partial charge in [0.2, 0.25) is 0 Å². The Morgan fingerprint density at radius 1 is 1.15 bits per heavy atom. The molecule has 2 aromatic heterocycles. The molecule has 2 fully saturated rings. The van der Waals surface area contributed by atoms with E-state index in [1.54, 1.807) is 11.3 Å². The Hall–Kier alpha value is -1.60. The molecule has 1 saturated carbocycles. The van der Waals surface area contributed by atoms with Gasteiger partial charge < -0.3 is 10.6 Å². The van der Waals surface area contributed by atoms with Gasteiger partial charge in [0.15, 0.2) is 10.9 Å². The molecule has 0 aromatic carbocycles. The van der Waals surface area contributed by atoms with E-state index >= 15 is 0 Å². The number of nitrogens with zero attached hydrogens (tertiary/aromatic N) is 4. The number of aliphatic imine (C=N–C) groups is 1. The maximum Gasteiger partial charge on any atom is 0.193 e. The van der Waals surface area contributed by atoms with Crippen molar-refractivity contribution in [2.24, 2.45) is 4.99 Å². The Morgan fingerprint density at radius 3 is 2.67 bits per heavy atom. The number of thiazole rings is 1. The van der Waals surface area contributed by atoms with Crippen LogP contribution in [0.5, 0.6) is 0 Å². The number of hydrogen-bond acceptors (Lipinski definition) is 4. The molecule has 0 bridgehead atoms. The quantitative estimate of drug-likeness (QED) is 0.610. The van der Waals surface area contributed by atoms with Crippen molar-refractivity contribution >= 4 is 22.3 Å². The lowest BCUT2D eigenvalue weighted by Crippen LogP contribution is -2.59. The van der Waals surface area contributed by atoms with Crippen molar-refractivity contribution in [2.45, 2.75) is 63.5 Å². The van der Waals surface area contributed by atoms with Crippen LogP contribution in [0.1, 0.15) is 57.1 Å². The van der Waals surface area contributed by atoms with Crippen molar-refractivity contribution in [1.82, 2.24) is 24.9 Å². The molecule has 0 atom stereocenters. The van der Waals surface area contributed by atoms with Crippen molar-refractivity contribution in [3.63, 3.8) is 0 Å². The highest BCUT2D eigenvalue weighted by molar-refractivity contribution is 7.15. The van der Waals surface area contributed by atoms with Crippen LogP contribution < -0.4 is 10.6 Å². The van der Waals surface area contributed by atoms with Crippen LogP contribution in [0.4, 0.5) is 0 Å². The molecule has 0 amide bonds. The average molecular weight is 389 g/mol. The average Bonchev–Trinajstić information content (AvgIpc) is 3.31. The lowest BCUT2D eigenvalue weighted by molar-refractivity contribution is 0.0368. The molecular formula is C20H32N6S. The summed E-state index contributed by atoms with van der Waals surface area (Å²) in [5, 5.41) is 9.15. The first-order valence-electron chi connectivity index (χ1n) is 10.4. The fraction of sp³-hybridized carbons (Fsp3) is 0.700. The van der Waals surface area contributed by atoms with Gasteiger partial charge in [0, 0.05) is 36.9 Å². The molecule has 2 aromatic rings. The number of aromatic nitrogens is 2. The molecule has 0 spiro atoms. The molecule has 4 rings (SSSR count). The van der Waals surface area contributed by atoms with Crippen molar-refractivity contribution in [1.29, 1.82) is 0 Å². The summed E-state index contributed by atoms with van der Waals surface area (Å²) in [4.78, 5) is 12.9. The number of fused-ring (bicyclic) bond motifs is 1. The summed E-state index contributed by atoms with van der Waals surface area (Å²) >= 11 is 1.67. The molecule has 1 aliphatic heterocycles. The third-order valence-electron chi connectivity index (χ3n) is 6.20. The number of piperidine rings is 1. The Labute approximate surface area is 166 Å². The van der Waals surface area contributed by atoms with E-state index in [1.807, 2.05) is 7.05 Å². The summed E-state index contributed by atoms with van der Waals surface area (Å²) in [6, 6.07) is 0. The zero-order valence-corrected chi connectivity index (χ0v) is 17.2. The number of nitrogens with one attached hydrogen (secondary N) is 2. The standard InChI is InChI=1S/C20H32N6S/c1-21-18(22-14-17-15-25-12-13-27-19(25)24-17)23-16-20(8-4-2-5-9-20)26-10-6-3-7-11-26/h12-13,15H,2-11,14,16H2,1H3,(H2,21,22,23). The first-order chi connectivity index (χ1) is 13.3. The van der Waals surface area contributed by atoms with Crippen LogP contribution >= 0.6 is 11.3 Å². The minimum Gasteiger partial charge on any atom is -0.355 e. The minimum absolute atomic E-state index is 0.313. The fourth-order valence-electron chi connectivity index (χ4n) is 4.69. The highest BCUT2D eigenvalue weighted by Gasteiger charge is 2.38. The largest absolute Gasteiger partial charge is 0.355 e. The summed E-state index contributed by atoms with van der Waals surface area (Å²) in [5.41, 5.74) is 1.36. The van der Waals surface area contributed by atoms with Crippen molar-refractivity contribution in [3.05, 3.63) is 23.5 Å². The molecule has 27 heavy (non-hydrogen) atoms. The predicted molar refractivity (Wildman–Crippen MR) is 113 cm³/mol. The predicted octanol–water partition coefficient (Wildman–Crippen LogP) is 3.25. The van der Waals surface area contributed by atoms with Gasteiger partial charge >= 0.3 is 0 Å². The molecule has 3 heterocycles. The highest BCUT2D eigenvalue weighted by Crippen LogP contribution is 2.35. The van der Waals surface area contributed by atoms with Crippen molar-refractivity contribution < 1.29 is 0 Å². The third kappa shape index (κ3) is 4.29. The Bertz CT molecular complexity index is 723. The fourth-order valence-corrected chi connectivity index (χ4v) is 5.41. The summed E-state index contributed by atoms with van der Waals surface area (Å²) in [5.74, 6) is 0.883. The summed E-state index contributed by atoms with van der Waals surface area (Å²) < 4.78 is 2.07. The number of hydrogen-bond donors (Lipinski definition) is 2. The lowest BCUT2D eigenvalue weighted by atomic mass is 9.79. The lowest BCUT2D eigenvalue weighted by Gasteiger charge is -2.48.